The van der Waals surface area contributed by atoms with Gasteiger partial charge in [-0.25, -0.2) is 19.4 Å². The van der Waals surface area contributed by atoms with E-state index < -0.39 is 5.97 Å². The monoisotopic (exact) mass is 442 g/mol. The quantitative estimate of drug-likeness (QED) is 0.438. The number of nitrogens with zero attached hydrogens (tertiary/aromatic N) is 6. The first-order valence-corrected chi connectivity index (χ1v) is 9.04. The highest BCUT2D eigenvalue weighted by Crippen LogP contribution is 2.21. The summed E-state index contributed by atoms with van der Waals surface area (Å²) in [5, 5.41) is 4.40. The number of rotatable bonds is 5. The lowest BCUT2D eigenvalue weighted by Crippen LogP contribution is -2.05. The van der Waals surface area contributed by atoms with Crippen LogP contribution < -0.4 is 4.74 Å². The fourth-order valence-corrected chi connectivity index (χ4v) is 3.08. The van der Waals surface area contributed by atoms with Crippen LogP contribution in [0.15, 0.2) is 47.5 Å². The Balaban J connectivity index is 1.69. The second-order valence-corrected chi connectivity index (χ2v) is 6.56. The smallest absolute Gasteiger partial charge is 0.356 e. The van der Waals surface area contributed by atoms with Crippen LogP contribution in [-0.2, 0) is 11.3 Å². The van der Waals surface area contributed by atoms with E-state index in [4.69, 9.17) is 9.47 Å². The predicted molar refractivity (Wildman–Crippen MR) is 103 cm³/mol. The number of benzene rings is 1. The summed E-state index contributed by atoms with van der Waals surface area (Å²) in [6.45, 7) is 0.507. The zero-order chi connectivity index (χ0) is 19.7. The first-order chi connectivity index (χ1) is 13.6. The summed E-state index contributed by atoms with van der Waals surface area (Å²) in [6.07, 6.45) is 3.48. The molecule has 0 saturated carbocycles. The van der Waals surface area contributed by atoms with E-state index in [1.807, 2.05) is 24.3 Å². The van der Waals surface area contributed by atoms with E-state index in [0.717, 1.165) is 11.3 Å². The van der Waals surface area contributed by atoms with E-state index in [1.54, 1.807) is 34.7 Å². The summed E-state index contributed by atoms with van der Waals surface area (Å²) >= 11 is 3.33. The molecule has 0 N–H and O–H groups in total. The van der Waals surface area contributed by atoms with E-state index in [2.05, 4.69) is 36.0 Å². The molecule has 3 aromatic heterocycles. The summed E-state index contributed by atoms with van der Waals surface area (Å²) < 4.78 is 13.8. The van der Waals surface area contributed by atoms with Gasteiger partial charge >= 0.3 is 5.97 Å². The van der Waals surface area contributed by atoms with E-state index >= 15 is 0 Å². The van der Waals surface area contributed by atoms with Gasteiger partial charge in [-0.3, -0.25) is 4.40 Å². The van der Waals surface area contributed by atoms with Crippen LogP contribution in [0, 0.1) is 0 Å². The lowest BCUT2D eigenvalue weighted by Gasteiger charge is -2.05. The van der Waals surface area contributed by atoms with Gasteiger partial charge in [0.15, 0.2) is 11.5 Å². The fraction of sp³-hybridized carbons (Fsp3) is 0.167. The number of halogens is 1. The molecule has 1 aromatic carbocycles. The molecule has 0 atom stereocenters. The Bertz CT molecular complexity index is 1150. The summed E-state index contributed by atoms with van der Waals surface area (Å²) in [6, 6.07) is 9.29. The second-order valence-electron chi connectivity index (χ2n) is 5.85. The lowest BCUT2D eigenvalue weighted by molar-refractivity contribution is 0.0594. The molecule has 0 aliphatic heterocycles. The van der Waals surface area contributed by atoms with Gasteiger partial charge in [0.1, 0.15) is 11.4 Å². The number of methoxy groups -OCH3 is 2. The molecule has 4 rings (SSSR count). The molecule has 28 heavy (non-hydrogen) atoms. The molecule has 3 heterocycles. The number of hydrogen-bond donors (Lipinski definition) is 0. The van der Waals surface area contributed by atoms with Crippen LogP contribution in [0.4, 0.5) is 0 Å². The largest absolute Gasteiger partial charge is 0.497 e. The van der Waals surface area contributed by atoms with Crippen molar-refractivity contribution < 1.29 is 14.3 Å². The average Bonchev–Trinajstić information content (AvgIpc) is 3.30. The lowest BCUT2D eigenvalue weighted by atomic mass is 10.2. The summed E-state index contributed by atoms with van der Waals surface area (Å²) in [5.74, 6) is 1.22. The topological polar surface area (TPSA) is 96.4 Å². The van der Waals surface area contributed by atoms with Crippen molar-refractivity contribution in [2.45, 2.75) is 6.54 Å². The van der Waals surface area contributed by atoms with Gasteiger partial charge < -0.3 is 9.47 Å². The van der Waals surface area contributed by atoms with Crippen molar-refractivity contribution in [3.8, 4) is 17.3 Å². The summed E-state index contributed by atoms with van der Waals surface area (Å²) in [5.41, 5.74) is 1.81. The van der Waals surface area contributed by atoms with Crippen molar-refractivity contribution >= 4 is 27.7 Å². The van der Waals surface area contributed by atoms with Gasteiger partial charge in [-0.05, 0) is 39.7 Å². The average molecular weight is 443 g/mol. The van der Waals surface area contributed by atoms with Gasteiger partial charge in [-0.2, -0.15) is 4.98 Å². The van der Waals surface area contributed by atoms with Crippen molar-refractivity contribution in [2.75, 3.05) is 14.2 Å². The van der Waals surface area contributed by atoms with Crippen LogP contribution >= 0.6 is 15.9 Å². The predicted octanol–water partition coefficient (Wildman–Crippen LogP) is 2.59. The first kappa shape index (κ1) is 18.1. The van der Waals surface area contributed by atoms with Crippen molar-refractivity contribution in [2.24, 2.45) is 0 Å². The number of esters is 1. The zero-order valence-electron chi connectivity index (χ0n) is 15.0. The van der Waals surface area contributed by atoms with E-state index in [1.165, 1.54) is 7.11 Å². The van der Waals surface area contributed by atoms with Crippen LogP contribution in [0.2, 0.25) is 0 Å². The number of aromatic nitrogens is 6. The maximum atomic E-state index is 11.7. The molecule has 10 heteroatoms. The Labute approximate surface area is 168 Å². The Kier molecular flexibility index (Phi) is 4.78. The molecule has 0 spiro atoms. The highest BCUT2D eigenvalue weighted by atomic mass is 79.9. The zero-order valence-corrected chi connectivity index (χ0v) is 16.6. The van der Waals surface area contributed by atoms with Gasteiger partial charge in [0.05, 0.1) is 20.8 Å². The minimum Gasteiger partial charge on any atom is -0.497 e. The molecule has 0 radical (unpaired) electrons. The van der Waals surface area contributed by atoms with Crippen molar-refractivity contribution in [1.29, 1.82) is 0 Å². The number of ether oxygens (including phenoxy) is 2. The molecule has 142 valence electrons. The van der Waals surface area contributed by atoms with Crippen molar-refractivity contribution in [3.05, 3.63) is 58.7 Å². The third-order valence-electron chi connectivity index (χ3n) is 4.09. The van der Waals surface area contributed by atoms with Crippen LogP contribution in [0.5, 0.6) is 5.75 Å². The molecular formula is C18H15BrN6O3. The normalized spacial score (nSPS) is 11.0. The molecule has 0 unspecified atom stereocenters. The van der Waals surface area contributed by atoms with Crippen LogP contribution in [0.25, 0.3) is 17.3 Å². The van der Waals surface area contributed by atoms with Gasteiger partial charge in [0, 0.05) is 12.4 Å². The minimum atomic E-state index is -0.516. The maximum absolute atomic E-state index is 11.7. The third-order valence-corrected chi connectivity index (χ3v) is 4.42. The highest BCUT2D eigenvalue weighted by Gasteiger charge is 2.16. The molecule has 0 fully saturated rings. The van der Waals surface area contributed by atoms with E-state index in [9.17, 15) is 4.79 Å². The van der Waals surface area contributed by atoms with Crippen molar-refractivity contribution in [3.63, 3.8) is 0 Å². The summed E-state index contributed by atoms with van der Waals surface area (Å²) in [7, 11) is 2.94. The Morgan fingerprint density at radius 2 is 1.89 bits per heavy atom. The Morgan fingerprint density at radius 3 is 2.61 bits per heavy atom. The number of fused-ring (bicyclic) bond motifs is 1. The highest BCUT2D eigenvalue weighted by molar-refractivity contribution is 9.10. The maximum Gasteiger partial charge on any atom is 0.356 e. The SMILES string of the molecule is COC(=O)c1ccn2cc(-c3nc(Br)nn3Cc3ccc(OC)cc3)nc2n1. The first-order valence-electron chi connectivity index (χ1n) is 8.25. The molecule has 0 amide bonds. The van der Waals surface area contributed by atoms with E-state index in [0.29, 0.717) is 28.6 Å². The molecule has 0 aliphatic carbocycles. The second kappa shape index (κ2) is 7.39. The number of imidazole rings is 1. The van der Waals surface area contributed by atoms with Gasteiger partial charge in [-0.15, -0.1) is 5.10 Å². The molecule has 0 aliphatic rings. The Morgan fingerprint density at radius 1 is 1.11 bits per heavy atom. The van der Waals surface area contributed by atoms with Gasteiger partial charge in [0.25, 0.3) is 0 Å². The molecule has 0 bridgehead atoms. The van der Waals surface area contributed by atoms with Crippen LogP contribution in [0.1, 0.15) is 16.1 Å². The molecule has 4 aromatic rings. The fourth-order valence-electron chi connectivity index (χ4n) is 2.72. The Hall–Kier alpha value is -3.27. The van der Waals surface area contributed by atoms with E-state index in [-0.39, 0.29) is 5.69 Å². The van der Waals surface area contributed by atoms with Crippen LogP contribution in [0.3, 0.4) is 0 Å². The molecular weight excluding hydrogens is 428 g/mol. The molecule has 9 nitrogen and oxygen atoms in total. The van der Waals surface area contributed by atoms with Crippen molar-refractivity contribution in [1.82, 2.24) is 29.1 Å². The number of carbonyl (C=O) groups is 1. The molecule has 0 saturated heterocycles. The number of carbonyl (C=O) groups excluding carboxylic acids is 1. The van der Waals surface area contributed by atoms with Gasteiger partial charge in [0.2, 0.25) is 10.5 Å². The van der Waals surface area contributed by atoms with Crippen LogP contribution in [-0.4, -0.2) is 49.3 Å². The standard InChI is InChI=1S/C18H15BrN6O3/c1-27-12-5-3-11(4-6-12)9-25-15(22-17(19)23-25)14-10-24-8-7-13(16(26)28-2)20-18(24)21-14/h3-8,10H,9H2,1-2H3. The third kappa shape index (κ3) is 3.46. The minimum absolute atomic E-state index is 0.188. The number of hydrogen-bond acceptors (Lipinski definition) is 7. The summed E-state index contributed by atoms with van der Waals surface area (Å²) in [4.78, 5) is 24.8. The van der Waals surface area contributed by atoms with Gasteiger partial charge in [-0.1, -0.05) is 12.1 Å².